The van der Waals surface area contributed by atoms with E-state index in [2.05, 4.69) is 5.32 Å². The van der Waals surface area contributed by atoms with Crippen molar-refractivity contribution in [2.75, 3.05) is 13.7 Å². The molecule has 0 aromatic heterocycles. The molecule has 1 aliphatic heterocycles. The third kappa shape index (κ3) is 4.55. The predicted molar refractivity (Wildman–Crippen MR) is 95.3 cm³/mol. The molecule has 1 atom stereocenters. The third-order valence-electron chi connectivity index (χ3n) is 4.62. The summed E-state index contributed by atoms with van der Waals surface area (Å²) in [6, 6.07) is 8.22. The van der Waals surface area contributed by atoms with Crippen molar-refractivity contribution in [2.45, 2.75) is 31.6 Å². The molecule has 8 heteroatoms. The summed E-state index contributed by atoms with van der Waals surface area (Å²) in [6.45, 7) is 0.237. The molecule has 2 amide bonds. The lowest BCUT2D eigenvalue weighted by atomic mass is 10.0. The van der Waals surface area contributed by atoms with Crippen molar-refractivity contribution in [3.05, 3.63) is 65.0 Å². The monoisotopic (exact) mass is 396 g/mol. The van der Waals surface area contributed by atoms with Crippen molar-refractivity contribution in [1.82, 2.24) is 10.2 Å². The number of alkyl halides is 3. The number of benzene rings is 2. The molecule has 1 N–H and O–H groups in total. The molecule has 0 fully saturated rings. The van der Waals surface area contributed by atoms with Gasteiger partial charge < -0.3 is 15.0 Å². The summed E-state index contributed by atoms with van der Waals surface area (Å²) in [5.41, 5.74) is -0.247. The first-order chi connectivity index (χ1) is 13.3. The highest BCUT2D eigenvalue weighted by Gasteiger charge is 2.33. The van der Waals surface area contributed by atoms with E-state index in [-0.39, 0.29) is 12.1 Å². The first kappa shape index (κ1) is 20.0. The summed E-state index contributed by atoms with van der Waals surface area (Å²) in [5, 5.41) is 2.78. The van der Waals surface area contributed by atoms with Gasteiger partial charge in [0.25, 0.3) is 0 Å². The second-order valence-electron chi connectivity index (χ2n) is 6.69. The van der Waals surface area contributed by atoms with Crippen molar-refractivity contribution in [2.24, 2.45) is 0 Å². The Hall–Kier alpha value is -2.77. The van der Waals surface area contributed by atoms with E-state index >= 15 is 0 Å². The fraction of sp³-hybridized carbons (Fsp3) is 0.350. The Kier molecular flexibility index (Phi) is 5.76. The number of halogens is 4. The highest BCUT2D eigenvalue weighted by Crippen LogP contribution is 2.33. The van der Waals surface area contributed by atoms with E-state index in [1.807, 2.05) is 0 Å². The highest BCUT2D eigenvalue weighted by molar-refractivity contribution is 5.74. The van der Waals surface area contributed by atoms with Crippen molar-refractivity contribution in [3.8, 4) is 5.75 Å². The molecule has 2 aromatic carbocycles. The van der Waals surface area contributed by atoms with E-state index in [9.17, 15) is 22.4 Å². The van der Waals surface area contributed by atoms with Crippen LogP contribution in [0.2, 0.25) is 0 Å². The van der Waals surface area contributed by atoms with Crippen LogP contribution in [-0.4, -0.2) is 24.6 Å². The molecule has 150 valence electrons. The molecule has 0 unspecified atom stereocenters. The van der Waals surface area contributed by atoms with Gasteiger partial charge in [0, 0.05) is 19.2 Å². The molecule has 4 nitrogen and oxygen atoms in total. The molecule has 3 rings (SSSR count). The lowest BCUT2D eigenvalue weighted by Gasteiger charge is -2.24. The summed E-state index contributed by atoms with van der Waals surface area (Å²) in [7, 11) is 1.42. The quantitative estimate of drug-likeness (QED) is 0.750. The van der Waals surface area contributed by atoms with Gasteiger partial charge >= 0.3 is 12.2 Å². The number of amides is 2. The van der Waals surface area contributed by atoms with Crippen LogP contribution in [0.25, 0.3) is 0 Å². The minimum absolute atomic E-state index is 0.00305. The van der Waals surface area contributed by atoms with E-state index in [0.717, 1.165) is 6.07 Å². The number of fused-ring (bicyclic) bond motifs is 1. The molecular formula is C20H20F4N2O2. The molecular weight excluding hydrogens is 376 g/mol. The lowest BCUT2D eigenvalue weighted by molar-refractivity contribution is -0.138. The van der Waals surface area contributed by atoms with E-state index in [1.54, 1.807) is 0 Å². The van der Waals surface area contributed by atoms with Gasteiger partial charge in [0.05, 0.1) is 18.2 Å². The smallest absolute Gasteiger partial charge is 0.416 e. The molecule has 0 radical (unpaired) electrons. The number of ether oxygens (including phenoxy) is 1. The minimum atomic E-state index is -4.50. The van der Waals surface area contributed by atoms with Crippen LogP contribution in [-0.2, 0) is 12.7 Å². The number of urea groups is 1. The second-order valence-corrected chi connectivity index (χ2v) is 6.69. The maximum atomic E-state index is 13.7. The Morgan fingerprint density at radius 2 is 2.00 bits per heavy atom. The largest absolute Gasteiger partial charge is 0.493 e. The molecule has 0 saturated carbocycles. The van der Waals surface area contributed by atoms with Gasteiger partial charge in [0.2, 0.25) is 0 Å². The van der Waals surface area contributed by atoms with Crippen molar-refractivity contribution in [3.63, 3.8) is 0 Å². The van der Waals surface area contributed by atoms with Crippen LogP contribution in [0.3, 0.4) is 0 Å². The molecule has 1 heterocycles. The van der Waals surface area contributed by atoms with Gasteiger partial charge in [-0.1, -0.05) is 18.2 Å². The Bertz CT molecular complexity index is 854. The van der Waals surface area contributed by atoms with Gasteiger partial charge in [-0.05, 0) is 42.7 Å². The lowest BCUT2D eigenvalue weighted by Crippen LogP contribution is -2.39. The summed E-state index contributed by atoms with van der Waals surface area (Å²) in [4.78, 5) is 13.8. The van der Waals surface area contributed by atoms with Crippen LogP contribution in [0.5, 0.6) is 5.75 Å². The summed E-state index contributed by atoms with van der Waals surface area (Å²) < 4.78 is 58.7. The fourth-order valence-corrected chi connectivity index (χ4v) is 3.22. The average Bonchev–Trinajstić information content (AvgIpc) is 2.83. The zero-order valence-electron chi connectivity index (χ0n) is 15.2. The first-order valence-corrected chi connectivity index (χ1v) is 8.84. The number of hydrogen-bond acceptors (Lipinski definition) is 2. The molecule has 1 aliphatic rings. The SMILES string of the molecule is CN(Cc1ccccc1C(F)(F)F)C(=O)N[C@H]1CCCOc2ccc(F)cc21. The Morgan fingerprint density at radius 3 is 2.75 bits per heavy atom. The van der Waals surface area contributed by atoms with Gasteiger partial charge in [-0.25, -0.2) is 9.18 Å². The maximum absolute atomic E-state index is 13.7. The van der Waals surface area contributed by atoms with Crippen LogP contribution in [0, 0.1) is 5.82 Å². The Balaban J connectivity index is 1.75. The van der Waals surface area contributed by atoms with Gasteiger partial charge in [0.1, 0.15) is 11.6 Å². The van der Waals surface area contributed by atoms with E-state index < -0.39 is 29.6 Å². The third-order valence-corrected chi connectivity index (χ3v) is 4.62. The van der Waals surface area contributed by atoms with Gasteiger partial charge in [-0.3, -0.25) is 0 Å². The standard InChI is InChI=1S/C20H20F4N2O2/c1-26(12-13-5-2-3-6-16(13)20(22,23)24)19(27)25-17-7-4-10-28-18-9-8-14(21)11-15(17)18/h2-3,5-6,8-9,11,17H,4,7,10,12H2,1H3,(H,25,27)/t17-/m0/s1. The van der Waals surface area contributed by atoms with E-state index in [4.69, 9.17) is 4.74 Å². The van der Waals surface area contributed by atoms with Crippen LogP contribution in [0.15, 0.2) is 42.5 Å². The fourth-order valence-electron chi connectivity index (χ4n) is 3.22. The number of carbonyl (C=O) groups is 1. The summed E-state index contributed by atoms with van der Waals surface area (Å²) in [5.74, 6) is 0.0465. The van der Waals surface area contributed by atoms with Crippen LogP contribution < -0.4 is 10.1 Å². The van der Waals surface area contributed by atoms with Gasteiger partial charge in [-0.2, -0.15) is 13.2 Å². The maximum Gasteiger partial charge on any atom is 0.416 e. The summed E-state index contributed by atoms with van der Waals surface area (Å²) in [6.07, 6.45) is -3.31. The molecule has 0 saturated heterocycles. The molecule has 0 bridgehead atoms. The predicted octanol–water partition coefficient (Wildman–Crippen LogP) is 4.90. The van der Waals surface area contributed by atoms with Gasteiger partial charge in [0.15, 0.2) is 0 Å². The van der Waals surface area contributed by atoms with Crippen molar-refractivity contribution < 1.29 is 27.1 Å². The topological polar surface area (TPSA) is 41.6 Å². The highest BCUT2D eigenvalue weighted by atomic mass is 19.4. The molecule has 28 heavy (non-hydrogen) atoms. The summed E-state index contributed by atoms with van der Waals surface area (Å²) >= 11 is 0. The molecule has 0 aliphatic carbocycles. The van der Waals surface area contributed by atoms with Gasteiger partial charge in [-0.15, -0.1) is 0 Å². The molecule has 0 spiro atoms. The zero-order valence-corrected chi connectivity index (χ0v) is 15.2. The van der Waals surface area contributed by atoms with Crippen LogP contribution in [0.1, 0.15) is 35.6 Å². The normalized spacial score (nSPS) is 16.5. The van der Waals surface area contributed by atoms with Crippen molar-refractivity contribution >= 4 is 6.03 Å². The van der Waals surface area contributed by atoms with Crippen LogP contribution >= 0.6 is 0 Å². The number of nitrogens with one attached hydrogen (secondary N) is 1. The van der Waals surface area contributed by atoms with Crippen LogP contribution in [0.4, 0.5) is 22.4 Å². The minimum Gasteiger partial charge on any atom is -0.493 e. The average molecular weight is 396 g/mol. The number of nitrogens with zero attached hydrogens (tertiary/aromatic N) is 1. The zero-order chi connectivity index (χ0) is 20.3. The first-order valence-electron chi connectivity index (χ1n) is 8.84. The number of hydrogen-bond donors (Lipinski definition) is 1. The number of carbonyl (C=O) groups excluding carboxylic acids is 1. The van der Waals surface area contributed by atoms with E-state index in [1.165, 1.54) is 48.3 Å². The Morgan fingerprint density at radius 1 is 1.25 bits per heavy atom. The number of rotatable bonds is 3. The second kappa shape index (κ2) is 8.08. The van der Waals surface area contributed by atoms with E-state index in [0.29, 0.717) is 30.8 Å². The molecule has 2 aromatic rings. The van der Waals surface area contributed by atoms with Crippen molar-refractivity contribution in [1.29, 1.82) is 0 Å². The Labute approximate surface area is 160 Å².